The zero-order valence-electron chi connectivity index (χ0n) is 9.84. The number of aryl methyl sites for hydroxylation is 1. The molecule has 0 amide bonds. The lowest BCUT2D eigenvalue weighted by atomic mass is 10.1. The Morgan fingerprint density at radius 1 is 1.00 bits per heavy atom. The number of benzene rings is 1. The standard InChI is InChI=1S/C9H10O.2C2H6/c1-2-6-9-8(4-1)5-3-7-10-9;2*1-2/h1-2,4,6H,3,5,7H2;2*1-2H3. The lowest BCUT2D eigenvalue weighted by molar-refractivity contribution is 0.288. The third kappa shape index (κ3) is 3.82. The number of ether oxygens (including phenoxy) is 1. The summed E-state index contributed by atoms with van der Waals surface area (Å²) >= 11 is 0. The Hall–Kier alpha value is -0.980. The van der Waals surface area contributed by atoms with Crippen molar-refractivity contribution in [3.63, 3.8) is 0 Å². The smallest absolute Gasteiger partial charge is 0.122 e. The molecule has 1 heteroatoms. The first-order valence-electron chi connectivity index (χ1n) is 5.67. The maximum Gasteiger partial charge on any atom is 0.122 e. The van der Waals surface area contributed by atoms with Gasteiger partial charge < -0.3 is 4.74 Å². The molecule has 1 heterocycles. The van der Waals surface area contributed by atoms with E-state index in [2.05, 4.69) is 12.1 Å². The quantitative estimate of drug-likeness (QED) is 0.605. The molecule has 0 saturated heterocycles. The zero-order chi connectivity index (χ0) is 10.8. The van der Waals surface area contributed by atoms with Gasteiger partial charge in [-0.3, -0.25) is 0 Å². The van der Waals surface area contributed by atoms with Crippen LogP contribution in [0.3, 0.4) is 0 Å². The molecule has 0 radical (unpaired) electrons. The van der Waals surface area contributed by atoms with Gasteiger partial charge in [0.15, 0.2) is 0 Å². The van der Waals surface area contributed by atoms with Crippen LogP contribution in [0.2, 0.25) is 0 Å². The van der Waals surface area contributed by atoms with E-state index in [9.17, 15) is 0 Å². The summed E-state index contributed by atoms with van der Waals surface area (Å²) in [5.74, 6) is 1.08. The molecule has 1 aliphatic heterocycles. The summed E-state index contributed by atoms with van der Waals surface area (Å²) in [6.45, 7) is 8.89. The van der Waals surface area contributed by atoms with Crippen LogP contribution in [0.4, 0.5) is 0 Å². The number of hydrogen-bond acceptors (Lipinski definition) is 1. The van der Waals surface area contributed by atoms with Gasteiger partial charge in [0.1, 0.15) is 5.75 Å². The van der Waals surface area contributed by atoms with E-state index in [-0.39, 0.29) is 0 Å². The summed E-state index contributed by atoms with van der Waals surface area (Å²) in [6.07, 6.45) is 2.34. The van der Waals surface area contributed by atoms with Crippen LogP contribution in [0.5, 0.6) is 5.75 Å². The molecule has 1 aromatic rings. The van der Waals surface area contributed by atoms with Crippen molar-refractivity contribution < 1.29 is 4.74 Å². The van der Waals surface area contributed by atoms with Gasteiger partial charge >= 0.3 is 0 Å². The molecule has 0 aliphatic carbocycles. The van der Waals surface area contributed by atoms with E-state index in [4.69, 9.17) is 4.74 Å². The van der Waals surface area contributed by atoms with Crippen LogP contribution in [-0.4, -0.2) is 6.61 Å². The Labute approximate surface area is 88.1 Å². The fourth-order valence-electron chi connectivity index (χ4n) is 1.30. The average molecular weight is 194 g/mol. The summed E-state index contributed by atoms with van der Waals surface area (Å²) in [5, 5.41) is 0. The van der Waals surface area contributed by atoms with Crippen LogP contribution in [0.1, 0.15) is 39.7 Å². The van der Waals surface area contributed by atoms with Crippen LogP contribution < -0.4 is 4.74 Å². The average Bonchev–Trinajstić information content (AvgIpc) is 2.34. The zero-order valence-corrected chi connectivity index (χ0v) is 9.84. The molecule has 0 saturated carbocycles. The van der Waals surface area contributed by atoms with Crippen molar-refractivity contribution in [3.05, 3.63) is 29.8 Å². The molecule has 0 fully saturated rings. The van der Waals surface area contributed by atoms with E-state index < -0.39 is 0 Å². The fraction of sp³-hybridized carbons (Fsp3) is 0.538. The first-order valence-corrected chi connectivity index (χ1v) is 5.67. The molecule has 1 aliphatic rings. The van der Waals surface area contributed by atoms with Gasteiger partial charge in [-0.25, -0.2) is 0 Å². The lowest BCUT2D eigenvalue weighted by Gasteiger charge is -2.15. The van der Waals surface area contributed by atoms with Crippen LogP contribution >= 0.6 is 0 Å². The van der Waals surface area contributed by atoms with Gasteiger partial charge in [0, 0.05) is 0 Å². The highest BCUT2D eigenvalue weighted by Gasteiger charge is 2.06. The first-order chi connectivity index (χ1) is 6.97. The molecule has 14 heavy (non-hydrogen) atoms. The van der Waals surface area contributed by atoms with Crippen molar-refractivity contribution >= 4 is 0 Å². The Morgan fingerprint density at radius 2 is 1.64 bits per heavy atom. The molecular weight excluding hydrogens is 172 g/mol. The molecule has 80 valence electrons. The highest BCUT2D eigenvalue weighted by Crippen LogP contribution is 2.22. The van der Waals surface area contributed by atoms with E-state index >= 15 is 0 Å². The third-order valence-electron chi connectivity index (χ3n) is 1.82. The highest BCUT2D eigenvalue weighted by atomic mass is 16.5. The largest absolute Gasteiger partial charge is 0.493 e. The molecule has 0 atom stereocenters. The first kappa shape index (κ1) is 13.0. The molecule has 0 N–H and O–H groups in total. The van der Waals surface area contributed by atoms with Gasteiger partial charge in [-0.1, -0.05) is 45.9 Å². The van der Waals surface area contributed by atoms with Crippen LogP contribution in [0, 0.1) is 0 Å². The van der Waals surface area contributed by atoms with E-state index in [1.807, 2.05) is 39.8 Å². The Kier molecular flexibility index (Phi) is 8.01. The second-order valence-electron chi connectivity index (χ2n) is 2.56. The summed E-state index contributed by atoms with van der Waals surface area (Å²) in [6, 6.07) is 8.25. The summed E-state index contributed by atoms with van der Waals surface area (Å²) in [7, 11) is 0. The fourth-order valence-corrected chi connectivity index (χ4v) is 1.30. The second-order valence-corrected chi connectivity index (χ2v) is 2.56. The second kappa shape index (κ2) is 8.61. The molecule has 0 unspecified atom stereocenters. The Balaban J connectivity index is 0.000000379. The van der Waals surface area contributed by atoms with Crippen molar-refractivity contribution in [2.24, 2.45) is 0 Å². The van der Waals surface area contributed by atoms with E-state index in [0.717, 1.165) is 18.8 Å². The minimum absolute atomic E-state index is 0.886. The van der Waals surface area contributed by atoms with E-state index in [1.165, 1.54) is 12.0 Å². The highest BCUT2D eigenvalue weighted by molar-refractivity contribution is 5.34. The summed E-state index contributed by atoms with van der Waals surface area (Å²) in [5.41, 5.74) is 1.36. The van der Waals surface area contributed by atoms with Gasteiger partial charge in [0.2, 0.25) is 0 Å². The van der Waals surface area contributed by atoms with Crippen molar-refractivity contribution in [2.45, 2.75) is 40.5 Å². The van der Waals surface area contributed by atoms with Gasteiger partial charge in [-0.15, -0.1) is 0 Å². The van der Waals surface area contributed by atoms with Crippen LogP contribution in [-0.2, 0) is 6.42 Å². The predicted octanol–water partition coefficient (Wildman–Crippen LogP) is 4.06. The van der Waals surface area contributed by atoms with E-state index in [0.29, 0.717) is 0 Å². The van der Waals surface area contributed by atoms with Crippen LogP contribution in [0.15, 0.2) is 24.3 Å². The summed E-state index contributed by atoms with van der Waals surface area (Å²) < 4.78 is 5.42. The van der Waals surface area contributed by atoms with Gasteiger partial charge in [0.25, 0.3) is 0 Å². The molecule has 0 aromatic heterocycles. The number of fused-ring (bicyclic) bond motifs is 1. The van der Waals surface area contributed by atoms with Crippen molar-refractivity contribution in [1.29, 1.82) is 0 Å². The molecule has 2 rings (SSSR count). The Morgan fingerprint density at radius 3 is 2.29 bits per heavy atom. The van der Waals surface area contributed by atoms with Crippen LogP contribution in [0.25, 0.3) is 0 Å². The predicted molar refractivity (Wildman–Crippen MR) is 63.0 cm³/mol. The topological polar surface area (TPSA) is 9.23 Å². The maximum absolute atomic E-state index is 5.42. The molecule has 1 aromatic carbocycles. The number of hydrogen-bond donors (Lipinski definition) is 0. The molecule has 0 spiro atoms. The monoisotopic (exact) mass is 194 g/mol. The molecule has 1 nitrogen and oxygen atoms in total. The summed E-state index contributed by atoms with van der Waals surface area (Å²) in [4.78, 5) is 0. The SMILES string of the molecule is CC.CC.c1ccc2c(c1)CCCO2. The van der Waals surface area contributed by atoms with Crippen molar-refractivity contribution in [2.75, 3.05) is 6.61 Å². The normalized spacial score (nSPS) is 12.0. The third-order valence-corrected chi connectivity index (χ3v) is 1.82. The molecule has 0 bridgehead atoms. The van der Waals surface area contributed by atoms with Gasteiger partial charge in [-0.2, -0.15) is 0 Å². The number of rotatable bonds is 0. The minimum Gasteiger partial charge on any atom is -0.493 e. The Bertz CT molecular complexity index is 205. The maximum atomic E-state index is 5.42. The lowest BCUT2D eigenvalue weighted by Crippen LogP contribution is -2.07. The van der Waals surface area contributed by atoms with Crippen molar-refractivity contribution in [1.82, 2.24) is 0 Å². The van der Waals surface area contributed by atoms with Gasteiger partial charge in [-0.05, 0) is 24.5 Å². The van der Waals surface area contributed by atoms with Crippen molar-refractivity contribution in [3.8, 4) is 5.75 Å². The van der Waals surface area contributed by atoms with E-state index in [1.54, 1.807) is 0 Å². The molecular formula is C13H22O. The number of para-hydroxylation sites is 1. The minimum atomic E-state index is 0.886. The van der Waals surface area contributed by atoms with Gasteiger partial charge in [0.05, 0.1) is 6.61 Å².